The molecule has 0 radical (unpaired) electrons. The van der Waals surface area contributed by atoms with Crippen LogP contribution >= 0.6 is 11.6 Å². The summed E-state index contributed by atoms with van der Waals surface area (Å²) in [5, 5.41) is 0.343. The number of aryl methyl sites for hydroxylation is 2. The number of carbonyl (C=O) groups excluding carboxylic acids is 1. The molecule has 0 N–H and O–H groups in total. The fraction of sp³-hybridized carbons (Fsp3) is 0.310. The van der Waals surface area contributed by atoms with Crippen LogP contribution in [0.25, 0.3) is 6.08 Å². The van der Waals surface area contributed by atoms with Crippen molar-refractivity contribution in [2.24, 2.45) is 0 Å². The van der Waals surface area contributed by atoms with Gasteiger partial charge in [0.25, 0.3) is 5.91 Å². The van der Waals surface area contributed by atoms with Crippen molar-refractivity contribution in [3.8, 4) is 0 Å². The lowest BCUT2D eigenvalue weighted by molar-refractivity contribution is 0.0977. The summed E-state index contributed by atoms with van der Waals surface area (Å²) in [6, 6.07) is 18.5. The molecule has 0 aliphatic carbocycles. The third-order valence-electron chi connectivity index (χ3n) is 7.26. The molecule has 4 nitrogen and oxygen atoms in total. The van der Waals surface area contributed by atoms with Crippen molar-refractivity contribution in [3.05, 3.63) is 99.8 Å². The summed E-state index contributed by atoms with van der Waals surface area (Å²) in [5.74, 6) is -0.00487. The van der Waals surface area contributed by atoms with E-state index < -0.39 is 0 Å². The molecule has 5 rings (SSSR count). The first-order valence-corrected chi connectivity index (χ1v) is 12.3. The number of piperidine rings is 1. The van der Waals surface area contributed by atoms with E-state index in [4.69, 9.17) is 11.6 Å². The zero-order chi connectivity index (χ0) is 23.7. The molecule has 0 saturated carbocycles. The summed E-state index contributed by atoms with van der Waals surface area (Å²) in [4.78, 5) is 21.9. The average Bonchev–Trinajstić information content (AvgIpc) is 3.14. The molecule has 0 unspecified atom stereocenters. The highest BCUT2D eigenvalue weighted by Gasteiger charge is 2.46. The average molecular weight is 472 g/mol. The largest absolute Gasteiger partial charge is 0.307 e. The second kappa shape index (κ2) is 9.36. The van der Waals surface area contributed by atoms with Crippen molar-refractivity contribution in [2.45, 2.75) is 32.1 Å². The second-order valence-electron chi connectivity index (χ2n) is 9.67. The lowest BCUT2D eigenvalue weighted by Gasteiger charge is -2.39. The van der Waals surface area contributed by atoms with E-state index in [1.165, 1.54) is 22.3 Å². The van der Waals surface area contributed by atoms with Gasteiger partial charge in [0.2, 0.25) is 0 Å². The van der Waals surface area contributed by atoms with Crippen LogP contribution in [0.4, 0.5) is 5.69 Å². The van der Waals surface area contributed by atoms with Gasteiger partial charge in [0, 0.05) is 36.0 Å². The molecular weight excluding hydrogens is 442 g/mol. The number of aromatic nitrogens is 1. The fourth-order valence-corrected chi connectivity index (χ4v) is 5.44. The van der Waals surface area contributed by atoms with Gasteiger partial charge in [0.15, 0.2) is 0 Å². The van der Waals surface area contributed by atoms with Crippen molar-refractivity contribution in [3.63, 3.8) is 0 Å². The maximum Gasteiger partial charge on any atom is 0.258 e. The van der Waals surface area contributed by atoms with Gasteiger partial charge in [-0.3, -0.25) is 9.69 Å². The molecule has 1 saturated heterocycles. The number of benzene rings is 2. The summed E-state index contributed by atoms with van der Waals surface area (Å²) in [6.45, 7) is 7.95. The minimum atomic E-state index is -0.00487. The Morgan fingerprint density at radius 2 is 1.76 bits per heavy atom. The molecule has 1 amide bonds. The van der Waals surface area contributed by atoms with Gasteiger partial charge < -0.3 is 4.90 Å². The van der Waals surface area contributed by atoms with Gasteiger partial charge in [-0.1, -0.05) is 71.3 Å². The summed E-state index contributed by atoms with van der Waals surface area (Å²) in [7, 11) is 0. The van der Waals surface area contributed by atoms with Gasteiger partial charge in [-0.25, -0.2) is 4.98 Å². The minimum Gasteiger partial charge on any atom is -0.307 e. The molecule has 174 valence electrons. The number of anilines is 1. The zero-order valence-electron chi connectivity index (χ0n) is 19.8. The highest BCUT2D eigenvalue weighted by atomic mass is 35.5. The van der Waals surface area contributed by atoms with E-state index >= 15 is 0 Å². The Morgan fingerprint density at radius 3 is 2.50 bits per heavy atom. The van der Waals surface area contributed by atoms with Crippen LogP contribution in [0.1, 0.15) is 45.5 Å². The number of likely N-dealkylation sites (tertiary alicyclic amines) is 1. The van der Waals surface area contributed by atoms with Gasteiger partial charge in [-0.05, 0) is 69.1 Å². The lowest BCUT2D eigenvalue weighted by atomic mass is 9.74. The van der Waals surface area contributed by atoms with Gasteiger partial charge in [0.1, 0.15) is 5.15 Å². The quantitative estimate of drug-likeness (QED) is 0.434. The van der Waals surface area contributed by atoms with Crippen LogP contribution in [0.5, 0.6) is 0 Å². The Kier molecular flexibility index (Phi) is 6.28. The van der Waals surface area contributed by atoms with E-state index in [1.54, 1.807) is 18.3 Å². The van der Waals surface area contributed by atoms with Crippen molar-refractivity contribution < 1.29 is 4.79 Å². The predicted molar refractivity (Wildman–Crippen MR) is 140 cm³/mol. The number of amides is 1. The summed E-state index contributed by atoms with van der Waals surface area (Å²) in [6.07, 6.45) is 8.15. The fourth-order valence-electron chi connectivity index (χ4n) is 5.26. The van der Waals surface area contributed by atoms with Gasteiger partial charge in [-0.15, -0.1) is 0 Å². The molecule has 34 heavy (non-hydrogen) atoms. The van der Waals surface area contributed by atoms with Crippen LogP contribution in [0, 0.1) is 13.8 Å². The number of nitrogens with zero attached hydrogens (tertiary/aromatic N) is 3. The molecule has 5 heteroatoms. The van der Waals surface area contributed by atoms with Crippen molar-refractivity contribution in [1.29, 1.82) is 0 Å². The monoisotopic (exact) mass is 471 g/mol. The van der Waals surface area contributed by atoms with E-state index in [0.29, 0.717) is 10.7 Å². The van der Waals surface area contributed by atoms with Crippen molar-refractivity contribution in [2.75, 3.05) is 31.1 Å². The number of halogens is 1. The lowest BCUT2D eigenvalue weighted by Crippen LogP contribution is -2.46. The van der Waals surface area contributed by atoms with Crippen molar-refractivity contribution in [1.82, 2.24) is 9.88 Å². The maximum absolute atomic E-state index is 13.5. The highest BCUT2D eigenvalue weighted by Crippen LogP contribution is 2.47. The normalized spacial score (nSPS) is 17.4. The van der Waals surface area contributed by atoms with E-state index in [9.17, 15) is 4.79 Å². The number of rotatable bonds is 4. The van der Waals surface area contributed by atoms with Gasteiger partial charge >= 0.3 is 0 Å². The smallest absolute Gasteiger partial charge is 0.258 e. The molecule has 0 atom stereocenters. The van der Waals surface area contributed by atoms with Crippen LogP contribution in [-0.4, -0.2) is 42.0 Å². The Morgan fingerprint density at radius 1 is 1.03 bits per heavy atom. The first kappa shape index (κ1) is 22.8. The maximum atomic E-state index is 13.5. The summed E-state index contributed by atoms with van der Waals surface area (Å²) in [5.41, 5.74) is 6.71. The van der Waals surface area contributed by atoms with Crippen LogP contribution in [0.2, 0.25) is 5.15 Å². The SMILES string of the molecule is Cc1ccc(/C=C/CN2CCC3(CC2)CN(C(=O)c2ccnc(Cl)c2)c2ccc(C)cc23)cc1. The summed E-state index contributed by atoms with van der Waals surface area (Å²) >= 11 is 6.07. The van der Waals surface area contributed by atoms with Crippen LogP contribution in [0.3, 0.4) is 0 Å². The molecule has 2 aromatic carbocycles. The zero-order valence-corrected chi connectivity index (χ0v) is 20.6. The Balaban J connectivity index is 1.31. The van der Waals surface area contributed by atoms with Gasteiger partial charge in [0.05, 0.1) is 0 Å². The topological polar surface area (TPSA) is 36.4 Å². The highest BCUT2D eigenvalue weighted by molar-refractivity contribution is 6.29. The molecule has 1 fully saturated rings. The van der Waals surface area contributed by atoms with Gasteiger partial charge in [-0.2, -0.15) is 0 Å². The Hall–Kier alpha value is -2.95. The van der Waals surface area contributed by atoms with Crippen molar-refractivity contribution >= 4 is 29.3 Å². The third kappa shape index (κ3) is 4.53. The molecule has 2 aliphatic heterocycles. The molecule has 1 spiro atoms. The number of hydrogen-bond acceptors (Lipinski definition) is 3. The molecule has 1 aromatic heterocycles. The predicted octanol–water partition coefficient (Wildman–Crippen LogP) is 6.06. The second-order valence-corrected chi connectivity index (χ2v) is 10.1. The van der Waals surface area contributed by atoms with Crippen LogP contribution in [-0.2, 0) is 5.41 Å². The number of pyridine rings is 1. The molecular formula is C29H30ClN3O. The van der Waals surface area contributed by atoms with E-state index in [1.807, 2.05) is 4.90 Å². The van der Waals surface area contributed by atoms with E-state index in [0.717, 1.165) is 44.7 Å². The Labute approximate surface area is 206 Å². The number of carbonyl (C=O) groups is 1. The molecule has 3 heterocycles. The summed E-state index contributed by atoms with van der Waals surface area (Å²) < 4.78 is 0. The first-order chi connectivity index (χ1) is 16.4. The first-order valence-electron chi connectivity index (χ1n) is 11.9. The third-order valence-corrected chi connectivity index (χ3v) is 7.46. The van der Waals surface area contributed by atoms with Crippen LogP contribution < -0.4 is 4.90 Å². The molecule has 0 bridgehead atoms. The van der Waals surface area contributed by atoms with E-state index in [2.05, 4.69) is 78.3 Å². The number of hydrogen-bond donors (Lipinski definition) is 0. The van der Waals surface area contributed by atoms with E-state index in [-0.39, 0.29) is 11.3 Å². The van der Waals surface area contributed by atoms with Crippen LogP contribution in [0.15, 0.2) is 66.9 Å². The minimum absolute atomic E-state index is 0.00487. The standard InChI is InChI=1S/C29H30ClN3O/c1-21-5-8-23(9-6-21)4-3-15-32-16-12-29(13-17-32)20-33(26-10-7-22(2)18-25(26)29)28(34)24-11-14-31-27(30)19-24/h3-11,14,18-19H,12-13,15-17,20H2,1-2H3/b4-3+. The molecule has 2 aliphatic rings. The number of fused-ring (bicyclic) bond motifs is 2. The molecule has 3 aromatic rings. The Bertz CT molecular complexity index is 1230.